The second kappa shape index (κ2) is 8.00. The molecule has 0 saturated carbocycles. The predicted molar refractivity (Wildman–Crippen MR) is 99.9 cm³/mol. The highest BCUT2D eigenvalue weighted by atomic mass is 79.9. The minimum atomic E-state index is 0.0732. The first-order chi connectivity index (χ1) is 10.0. The first-order valence-corrected chi connectivity index (χ1v) is 9.41. The van der Waals surface area contributed by atoms with Crippen molar-refractivity contribution in [3.05, 3.63) is 61.5 Å². The molecule has 0 aliphatic rings. The molecule has 0 aliphatic carbocycles. The fourth-order valence-electron chi connectivity index (χ4n) is 1.92. The van der Waals surface area contributed by atoms with E-state index < -0.39 is 0 Å². The molecule has 0 N–H and O–H groups in total. The highest BCUT2D eigenvalue weighted by molar-refractivity contribution is 9.11. The summed E-state index contributed by atoms with van der Waals surface area (Å²) >= 11 is 16.9. The van der Waals surface area contributed by atoms with Gasteiger partial charge in [0, 0.05) is 9.50 Å². The normalized spacial score (nSPS) is 12.2. The Hall–Kier alpha value is -0.0300. The van der Waals surface area contributed by atoms with Gasteiger partial charge in [0.15, 0.2) is 0 Å². The van der Waals surface area contributed by atoms with Gasteiger partial charge in [-0.2, -0.15) is 0 Å². The number of hydrogen-bond acceptors (Lipinski definition) is 1. The van der Waals surface area contributed by atoms with E-state index in [4.69, 9.17) is 16.3 Å². The average Bonchev–Trinajstić information content (AvgIpc) is 2.44. The van der Waals surface area contributed by atoms with Crippen molar-refractivity contribution in [2.24, 2.45) is 0 Å². The van der Waals surface area contributed by atoms with Gasteiger partial charge in [-0.05, 0) is 63.8 Å². The Labute approximate surface area is 155 Å². The monoisotopic (exact) mass is 494 g/mol. The molecule has 0 fully saturated rings. The minimum Gasteiger partial charge on any atom is -0.492 e. The van der Waals surface area contributed by atoms with Crippen LogP contribution < -0.4 is 4.74 Å². The summed E-state index contributed by atoms with van der Waals surface area (Å²) in [5.74, 6) is 0.868. The van der Waals surface area contributed by atoms with Gasteiger partial charge in [-0.1, -0.05) is 56.5 Å². The quantitative estimate of drug-likeness (QED) is 0.399. The molecule has 21 heavy (non-hydrogen) atoms. The van der Waals surface area contributed by atoms with Crippen molar-refractivity contribution in [2.75, 3.05) is 6.61 Å². The number of benzene rings is 2. The summed E-state index contributed by atoms with van der Waals surface area (Å²) in [6.07, 6.45) is 0.992. The maximum atomic E-state index is 6.12. The number of alkyl halides is 1. The fraction of sp³-hybridized carbons (Fsp3) is 0.250. The maximum Gasteiger partial charge on any atom is 0.133 e. The zero-order chi connectivity index (χ0) is 15.4. The van der Waals surface area contributed by atoms with Crippen molar-refractivity contribution >= 4 is 59.4 Å². The van der Waals surface area contributed by atoms with E-state index in [0.29, 0.717) is 5.02 Å². The van der Waals surface area contributed by atoms with E-state index in [1.165, 1.54) is 0 Å². The first-order valence-electron chi connectivity index (χ1n) is 6.53. The lowest BCUT2D eigenvalue weighted by Crippen LogP contribution is -1.98. The van der Waals surface area contributed by atoms with Crippen molar-refractivity contribution in [2.45, 2.75) is 18.2 Å². The predicted octanol–water partition coefficient (Wildman–Crippen LogP) is 7.14. The van der Waals surface area contributed by atoms with Gasteiger partial charge < -0.3 is 4.74 Å². The topological polar surface area (TPSA) is 9.23 Å². The molecule has 0 saturated heterocycles. The van der Waals surface area contributed by atoms with Crippen LogP contribution in [0.4, 0.5) is 0 Å². The third-order valence-electron chi connectivity index (χ3n) is 2.89. The second-order valence-electron chi connectivity index (χ2n) is 4.60. The highest BCUT2D eigenvalue weighted by Gasteiger charge is 2.14. The number of ether oxygens (including phenoxy) is 1. The Kier molecular flexibility index (Phi) is 6.60. The zero-order valence-corrected chi connectivity index (χ0v) is 16.9. The van der Waals surface area contributed by atoms with Gasteiger partial charge in [0.05, 0.1) is 15.9 Å². The van der Waals surface area contributed by atoms with Gasteiger partial charge in [0.1, 0.15) is 5.75 Å². The largest absolute Gasteiger partial charge is 0.492 e. The van der Waals surface area contributed by atoms with E-state index in [1.807, 2.05) is 18.2 Å². The van der Waals surface area contributed by atoms with Crippen LogP contribution in [0.15, 0.2) is 45.3 Å². The summed E-state index contributed by atoms with van der Waals surface area (Å²) in [6, 6.07) is 12.0. The third-order valence-corrected chi connectivity index (χ3v) is 5.24. The van der Waals surface area contributed by atoms with Crippen LogP contribution >= 0.6 is 59.4 Å². The van der Waals surface area contributed by atoms with Crippen LogP contribution in [0, 0.1) is 0 Å². The maximum absolute atomic E-state index is 6.12. The molecule has 2 rings (SSSR count). The van der Waals surface area contributed by atoms with Crippen LogP contribution in [-0.4, -0.2) is 6.61 Å². The molecule has 0 aliphatic heterocycles. The Morgan fingerprint density at radius 3 is 2.48 bits per heavy atom. The Bertz CT molecular complexity index is 611. The van der Waals surface area contributed by atoms with Crippen molar-refractivity contribution < 1.29 is 4.74 Å². The number of hydrogen-bond donors (Lipinski definition) is 0. The molecule has 112 valence electrons. The summed E-state index contributed by atoms with van der Waals surface area (Å²) in [5.41, 5.74) is 2.24. The molecule has 0 spiro atoms. The van der Waals surface area contributed by atoms with Crippen LogP contribution in [0.1, 0.15) is 29.3 Å². The Morgan fingerprint density at radius 2 is 1.86 bits per heavy atom. The second-order valence-corrected chi connectivity index (χ2v) is 7.73. The fourth-order valence-corrected chi connectivity index (χ4v) is 3.86. The van der Waals surface area contributed by atoms with Crippen LogP contribution in [0.2, 0.25) is 5.02 Å². The number of rotatable bonds is 5. The van der Waals surface area contributed by atoms with Crippen LogP contribution in [0.5, 0.6) is 5.75 Å². The molecule has 1 nitrogen and oxygen atoms in total. The minimum absolute atomic E-state index is 0.0732. The van der Waals surface area contributed by atoms with Crippen molar-refractivity contribution in [3.63, 3.8) is 0 Å². The molecule has 5 heteroatoms. The highest BCUT2D eigenvalue weighted by Crippen LogP contribution is 2.37. The molecule has 0 bridgehead atoms. The SMILES string of the molecule is CCCOc1ccc(C(Br)c2cc(Cl)cc(Br)c2)cc1Br. The molecule has 0 aromatic heterocycles. The molecule has 1 atom stereocenters. The van der Waals surface area contributed by atoms with Gasteiger partial charge >= 0.3 is 0 Å². The van der Waals surface area contributed by atoms with Crippen LogP contribution in [0.3, 0.4) is 0 Å². The molecule has 0 heterocycles. The molecule has 1 unspecified atom stereocenters. The lowest BCUT2D eigenvalue weighted by atomic mass is 10.0. The van der Waals surface area contributed by atoms with E-state index in [2.05, 4.69) is 72.9 Å². The molecular weight excluding hydrogens is 483 g/mol. The van der Waals surface area contributed by atoms with Crippen LogP contribution in [-0.2, 0) is 0 Å². The Balaban J connectivity index is 2.26. The molecule has 0 amide bonds. The zero-order valence-electron chi connectivity index (χ0n) is 11.4. The molecule has 2 aromatic carbocycles. The lowest BCUT2D eigenvalue weighted by molar-refractivity contribution is 0.315. The smallest absolute Gasteiger partial charge is 0.133 e. The van der Waals surface area contributed by atoms with E-state index >= 15 is 0 Å². The summed E-state index contributed by atoms with van der Waals surface area (Å²) < 4.78 is 7.60. The van der Waals surface area contributed by atoms with Gasteiger partial charge in [0.2, 0.25) is 0 Å². The van der Waals surface area contributed by atoms with Gasteiger partial charge in [-0.25, -0.2) is 0 Å². The summed E-state index contributed by atoms with van der Waals surface area (Å²) in [4.78, 5) is 0.0732. The first kappa shape index (κ1) is 17.3. The van der Waals surface area contributed by atoms with E-state index in [-0.39, 0.29) is 4.83 Å². The summed E-state index contributed by atoms with van der Waals surface area (Å²) in [5, 5.41) is 0.714. The van der Waals surface area contributed by atoms with Gasteiger partial charge in [-0.3, -0.25) is 0 Å². The molecule has 0 radical (unpaired) electrons. The van der Waals surface area contributed by atoms with E-state index in [1.54, 1.807) is 0 Å². The Morgan fingerprint density at radius 1 is 1.10 bits per heavy atom. The van der Waals surface area contributed by atoms with E-state index in [9.17, 15) is 0 Å². The van der Waals surface area contributed by atoms with E-state index in [0.717, 1.165) is 38.8 Å². The average molecular weight is 497 g/mol. The van der Waals surface area contributed by atoms with Gasteiger partial charge in [0.25, 0.3) is 0 Å². The van der Waals surface area contributed by atoms with Crippen LogP contribution in [0.25, 0.3) is 0 Å². The third kappa shape index (κ3) is 4.72. The number of halogens is 4. The molecule has 2 aromatic rings. The summed E-state index contributed by atoms with van der Waals surface area (Å²) in [6.45, 7) is 2.81. The van der Waals surface area contributed by atoms with Crippen molar-refractivity contribution in [1.82, 2.24) is 0 Å². The standard InChI is InChI=1S/C16H14Br3ClO/c1-2-5-21-15-4-3-10(8-14(15)18)16(19)11-6-12(17)9-13(20)7-11/h3-4,6-9,16H,2,5H2,1H3. The summed E-state index contributed by atoms with van der Waals surface area (Å²) in [7, 11) is 0. The lowest BCUT2D eigenvalue weighted by Gasteiger charge is -2.14. The molecular formula is C16H14Br3ClO. The van der Waals surface area contributed by atoms with Gasteiger partial charge in [-0.15, -0.1) is 0 Å². The van der Waals surface area contributed by atoms with Crippen molar-refractivity contribution in [3.8, 4) is 5.75 Å². The van der Waals surface area contributed by atoms with Crippen molar-refractivity contribution in [1.29, 1.82) is 0 Å².